The molecule has 0 heterocycles. The van der Waals surface area contributed by atoms with Gasteiger partial charge in [0.15, 0.2) is 5.83 Å². The Balaban J connectivity index is 1.59. The van der Waals surface area contributed by atoms with Crippen molar-refractivity contribution in [3.8, 4) is 6.07 Å². The fourth-order valence-electron chi connectivity index (χ4n) is 4.66. The van der Waals surface area contributed by atoms with E-state index in [9.17, 15) is 4.39 Å². The zero-order chi connectivity index (χ0) is 16.5. The molecule has 0 aromatic heterocycles. The van der Waals surface area contributed by atoms with Crippen molar-refractivity contribution in [3.05, 3.63) is 11.9 Å². The van der Waals surface area contributed by atoms with Gasteiger partial charge in [-0.15, -0.1) is 0 Å². The Morgan fingerprint density at radius 2 is 1.39 bits per heavy atom. The molecule has 2 heteroatoms. The predicted molar refractivity (Wildman–Crippen MR) is 94.5 cm³/mol. The summed E-state index contributed by atoms with van der Waals surface area (Å²) in [5.41, 5.74) is 0. The summed E-state index contributed by atoms with van der Waals surface area (Å²) >= 11 is 0. The number of rotatable bonds is 7. The first-order valence-corrected chi connectivity index (χ1v) is 9.98. The molecule has 2 saturated carbocycles. The van der Waals surface area contributed by atoms with Crippen LogP contribution < -0.4 is 0 Å². The van der Waals surface area contributed by atoms with Crippen molar-refractivity contribution in [2.75, 3.05) is 0 Å². The summed E-state index contributed by atoms with van der Waals surface area (Å²) in [5, 5.41) is 8.52. The molecule has 0 aromatic rings. The van der Waals surface area contributed by atoms with E-state index in [1.807, 2.05) is 0 Å². The first-order chi connectivity index (χ1) is 11.2. The molecule has 0 aromatic carbocycles. The zero-order valence-corrected chi connectivity index (χ0v) is 14.9. The van der Waals surface area contributed by atoms with Gasteiger partial charge in [0.2, 0.25) is 0 Å². The summed E-state index contributed by atoms with van der Waals surface area (Å²) in [5.74, 6) is 2.56. The van der Waals surface area contributed by atoms with Crippen molar-refractivity contribution >= 4 is 0 Å². The lowest BCUT2D eigenvalue weighted by atomic mass is 9.75. The third-order valence-corrected chi connectivity index (χ3v) is 6.30. The fourth-order valence-corrected chi connectivity index (χ4v) is 4.66. The quantitative estimate of drug-likeness (QED) is 0.466. The number of allylic oxidation sites excluding steroid dienone is 2. The summed E-state index contributed by atoms with van der Waals surface area (Å²) in [6, 6.07) is 1.60. The predicted octanol–water partition coefficient (Wildman–Crippen LogP) is 6.95. The molecule has 130 valence electrons. The molecule has 0 saturated heterocycles. The molecule has 0 spiro atoms. The number of hydrogen-bond acceptors (Lipinski definition) is 1. The molecule has 0 amide bonds. The summed E-state index contributed by atoms with van der Waals surface area (Å²) < 4.78 is 13.0. The molecule has 0 unspecified atom stereocenters. The maximum absolute atomic E-state index is 13.0. The van der Waals surface area contributed by atoms with Gasteiger partial charge in [-0.25, -0.2) is 0 Å². The Bertz CT molecular complexity index is 393. The molecule has 2 aliphatic carbocycles. The molecule has 0 aliphatic heterocycles. The van der Waals surface area contributed by atoms with Crippen LogP contribution in [0.3, 0.4) is 0 Å². The molecule has 2 aliphatic rings. The highest BCUT2D eigenvalue weighted by atomic mass is 19.1. The Morgan fingerprint density at radius 3 is 1.87 bits per heavy atom. The van der Waals surface area contributed by atoms with Crippen molar-refractivity contribution in [3.63, 3.8) is 0 Å². The van der Waals surface area contributed by atoms with E-state index in [0.29, 0.717) is 5.92 Å². The van der Waals surface area contributed by atoms with Gasteiger partial charge in [0, 0.05) is 0 Å². The minimum Gasteiger partial charge on any atom is -0.195 e. The monoisotopic (exact) mass is 319 g/mol. The van der Waals surface area contributed by atoms with Crippen molar-refractivity contribution in [2.45, 2.75) is 90.4 Å². The third kappa shape index (κ3) is 6.66. The maximum Gasteiger partial charge on any atom is 0.196 e. The third-order valence-electron chi connectivity index (χ3n) is 6.30. The van der Waals surface area contributed by atoms with Gasteiger partial charge < -0.3 is 0 Å². The van der Waals surface area contributed by atoms with E-state index in [2.05, 4.69) is 6.92 Å². The molecule has 0 atom stereocenters. The SMILES string of the molecule is CCCC[C@H]1CC[C@H](CCC2CCC(C=C(F)C#N)CC2)CC1. The lowest BCUT2D eigenvalue weighted by molar-refractivity contribution is 0.219. The van der Waals surface area contributed by atoms with Gasteiger partial charge in [0.25, 0.3) is 0 Å². The van der Waals surface area contributed by atoms with Crippen LogP contribution in [0.4, 0.5) is 4.39 Å². The fraction of sp³-hybridized carbons (Fsp3) is 0.857. The minimum absolute atomic E-state index is 0.305. The Morgan fingerprint density at radius 1 is 0.913 bits per heavy atom. The van der Waals surface area contributed by atoms with Crippen LogP contribution in [0.15, 0.2) is 11.9 Å². The lowest BCUT2D eigenvalue weighted by Crippen LogP contribution is -2.17. The second-order valence-corrected chi connectivity index (χ2v) is 8.01. The topological polar surface area (TPSA) is 23.8 Å². The standard InChI is InChI=1S/C21H34FN/c1-2-3-4-17-5-7-18(8-6-17)9-10-19-11-13-20(14-12-19)15-21(22)16-23/h15,17-20H,2-14H2,1H3/t17-,18-,19?,20?. The number of nitrogens with zero attached hydrogens (tertiary/aromatic N) is 1. The average molecular weight is 320 g/mol. The van der Waals surface area contributed by atoms with Gasteiger partial charge >= 0.3 is 0 Å². The van der Waals surface area contributed by atoms with E-state index in [1.165, 1.54) is 70.6 Å². The molecule has 1 nitrogen and oxygen atoms in total. The van der Waals surface area contributed by atoms with Gasteiger partial charge in [-0.2, -0.15) is 9.65 Å². The highest BCUT2D eigenvalue weighted by molar-refractivity contribution is 5.13. The van der Waals surface area contributed by atoms with Crippen molar-refractivity contribution in [1.29, 1.82) is 5.26 Å². The van der Waals surface area contributed by atoms with E-state index in [4.69, 9.17) is 5.26 Å². The number of unbranched alkanes of at least 4 members (excludes halogenated alkanes) is 1. The maximum atomic E-state index is 13.0. The van der Waals surface area contributed by atoms with Gasteiger partial charge in [0.05, 0.1) is 0 Å². The molecular weight excluding hydrogens is 285 g/mol. The minimum atomic E-state index is -0.590. The Hall–Kier alpha value is -0.840. The highest BCUT2D eigenvalue weighted by Crippen LogP contribution is 2.38. The normalized spacial score (nSPS) is 32.5. The Labute approximate surface area is 142 Å². The van der Waals surface area contributed by atoms with Crippen LogP contribution in [0.1, 0.15) is 90.4 Å². The van der Waals surface area contributed by atoms with Crippen LogP contribution >= 0.6 is 0 Å². The first-order valence-electron chi connectivity index (χ1n) is 9.98. The van der Waals surface area contributed by atoms with E-state index in [0.717, 1.165) is 30.6 Å². The van der Waals surface area contributed by atoms with E-state index in [-0.39, 0.29) is 0 Å². The Kier molecular flexibility index (Phi) is 8.13. The smallest absolute Gasteiger partial charge is 0.195 e. The van der Waals surface area contributed by atoms with Gasteiger partial charge in [-0.1, -0.05) is 64.7 Å². The number of halogens is 1. The summed E-state index contributed by atoms with van der Waals surface area (Å²) in [6.45, 7) is 2.30. The largest absolute Gasteiger partial charge is 0.196 e. The average Bonchev–Trinajstić information content (AvgIpc) is 2.60. The number of hydrogen-bond donors (Lipinski definition) is 0. The van der Waals surface area contributed by atoms with Gasteiger partial charge in [-0.3, -0.25) is 0 Å². The van der Waals surface area contributed by atoms with E-state index < -0.39 is 5.83 Å². The highest BCUT2D eigenvalue weighted by Gasteiger charge is 2.24. The lowest BCUT2D eigenvalue weighted by Gasteiger charge is -2.31. The van der Waals surface area contributed by atoms with Crippen molar-refractivity contribution in [2.24, 2.45) is 23.7 Å². The van der Waals surface area contributed by atoms with Gasteiger partial charge in [0.1, 0.15) is 6.07 Å². The molecule has 0 radical (unpaired) electrons. The summed E-state index contributed by atoms with van der Waals surface area (Å²) in [7, 11) is 0. The number of nitriles is 1. The molecular formula is C21H34FN. The second kappa shape index (κ2) is 10.1. The first kappa shape index (κ1) is 18.5. The van der Waals surface area contributed by atoms with Crippen LogP contribution in [0.5, 0.6) is 0 Å². The van der Waals surface area contributed by atoms with E-state index >= 15 is 0 Å². The van der Waals surface area contributed by atoms with Crippen LogP contribution in [-0.2, 0) is 0 Å². The van der Waals surface area contributed by atoms with Crippen LogP contribution in [-0.4, -0.2) is 0 Å². The summed E-state index contributed by atoms with van der Waals surface area (Å²) in [4.78, 5) is 0. The van der Waals surface area contributed by atoms with Gasteiger partial charge in [-0.05, 0) is 55.4 Å². The van der Waals surface area contributed by atoms with Crippen molar-refractivity contribution < 1.29 is 4.39 Å². The van der Waals surface area contributed by atoms with Crippen LogP contribution in [0.2, 0.25) is 0 Å². The zero-order valence-electron chi connectivity index (χ0n) is 14.9. The second-order valence-electron chi connectivity index (χ2n) is 8.01. The molecule has 0 bridgehead atoms. The molecule has 2 fully saturated rings. The summed E-state index contributed by atoms with van der Waals surface area (Å²) in [6.07, 6.45) is 19.0. The molecule has 0 N–H and O–H groups in total. The molecule has 23 heavy (non-hydrogen) atoms. The van der Waals surface area contributed by atoms with E-state index in [1.54, 1.807) is 12.1 Å². The van der Waals surface area contributed by atoms with Crippen molar-refractivity contribution in [1.82, 2.24) is 0 Å². The molecule has 2 rings (SSSR count). The van der Waals surface area contributed by atoms with Crippen LogP contribution in [0.25, 0.3) is 0 Å². The van der Waals surface area contributed by atoms with Crippen LogP contribution in [0, 0.1) is 35.0 Å².